The van der Waals surface area contributed by atoms with Crippen LogP contribution in [0.15, 0.2) is 28.9 Å². The summed E-state index contributed by atoms with van der Waals surface area (Å²) in [5, 5.41) is 6.81. The molecule has 0 aromatic carbocycles. The van der Waals surface area contributed by atoms with E-state index < -0.39 is 10.0 Å². The second kappa shape index (κ2) is 6.17. The van der Waals surface area contributed by atoms with Crippen molar-refractivity contribution in [2.75, 3.05) is 19.3 Å². The highest BCUT2D eigenvalue weighted by molar-refractivity contribution is 7.88. The predicted molar refractivity (Wildman–Crippen MR) is 83.2 cm³/mol. The number of furan rings is 1. The molecule has 1 amide bonds. The molecule has 1 saturated heterocycles. The number of nitrogens with one attached hydrogen (secondary N) is 2. The van der Waals surface area contributed by atoms with Crippen LogP contribution in [0.3, 0.4) is 0 Å². The molecule has 23 heavy (non-hydrogen) atoms. The van der Waals surface area contributed by atoms with Crippen molar-refractivity contribution in [1.82, 2.24) is 19.8 Å². The molecule has 3 heterocycles. The minimum absolute atomic E-state index is 0.223. The molecule has 8 nitrogen and oxygen atoms in total. The number of hydrogen-bond acceptors (Lipinski definition) is 5. The number of rotatable bonds is 4. The number of nitrogens with zero attached hydrogens (tertiary/aromatic N) is 2. The van der Waals surface area contributed by atoms with E-state index in [9.17, 15) is 13.2 Å². The number of likely N-dealkylation sites (tertiary alicyclic amines) is 1. The lowest BCUT2D eigenvalue weighted by atomic mass is 10.1. The number of amides is 1. The maximum absolute atomic E-state index is 12.5. The van der Waals surface area contributed by atoms with Gasteiger partial charge in [0.25, 0.3) is 5.91 Å². The third kappa shape index (κ3) is 3.80. The molecule has 2 aromatic rings. The Balaban J connectivity index is 1.70. The van der Waals surface area contributed by atoms with Gasteiger partial charge in [-0.2, -0.15) is 5.10 Å². The van der Waals surface area contributed by atoms with Gasteiger partial charge in [-0.05, 0) is 25.0 Å². The smallest absolute Gasteiger partial charge is 0.274 e. The zero-order valence-corrected chi connectivity index (χ0v) is 13.5. The van der Waals surface area contributed by atoms with Crippen molar-refractivity contribution in [2.24, 2.45) is 0 Å². The molecule has 1 aliphatic heterocycles. The van der Waals surface area contributed by atoms with Gasteiger partial charge in [0, 0.05) is 25.2 Å². The minimum Gasteiger partial charge on any atom is -0.463 e. The Morgan fingerprint density at radius 1 is 1.52 bits per heavy atom. The molecule has 0 spiro atoms. The van der Waals surface area contributed by atoms with Gasteiger partial charge in [-0.15, -0.1) is 0 Å². The number of H-pyrrole nitrogens is 1. The number of hydrogen-bond donors (Lipinski definition) is 2. The zero-order valence-electron chi connectivity index (χ0n) is 12.7. The van der Waals surface area contributed by atoms with Crippen molar-refractivity contribution < 1.29 is 17.6 Å². The Morgan fingerprint density at radius 2 is 2.35 bits per heavy atom. The summed E-state index contributed by atoms with van der Waals surface area (Å²) in [4.78, 5) is 14.1. The van der Waals surface area contributed by atoms with Crippen LogP contribution in [0.1, 0.15) is 23.3 Å². The Morgan fingerprint density at radius 3 is 3.04 bits per heavy atom. The molecule has 0 radical (unpaired) electrons. The van der Waals surface area contributed by atoms with E-state index in [0.29, 0.717) is 24.5 Å². The second-order valence-corrected chi connectivity index (χ2v) is 7.40. The highest BCUT2D eigenvalue weighted by Gasteiger charge is 2.27. The summed E-state index contributed by atoms with van der Waals surface area (Å²) in [6, 6.07) is 4.90. The van der Waals surface area contributed by atoms with E-state index in [1.54, 1.807) is 29.4 Å². The fourth-order valence-corrected chi connectivity index (χ4v) is 3.51. The molecular formula is C14H18N4O4S. The summed E-state index contributed by atoms with van der Waals surface area (Å²) in [5.41, 5.74) is 0.914. The van der Waals surface area contributed by atoms with Crippen molar-refractivity contribution in [3.05, 3.63) is 30.2 Å². The van der Waals surface area contributed by atoms with E-state index in [1.165, 1.54) is 0 Å². The lowest BCUT2D eigenvalue weighted by Crippen LogP contribution is -2.49. The summed E-state index contributed by atoms with van der Waals surface area (Å²) >= 11 is 0. The maximum Gasteiger partial charge on any atom is 0.274 e. The number of carbonyl (C=O) groups excluding carboxylic acids is 1. The normalized spacial score (nSPS) is 19.0. The first-order chi connectivity index (χ1) is 10.9. The van der Waals surface area contributed by atoms with Crippen LogP contribution < -0.4 is 4.72 Å². The quantitative estimate of drug-likeness (QED) is 0.858. The van der Waals surface area contributed by atoms with Crippen molar-refractivity contribution in [3.8, 4) is 11.5 Å². The summed E-state index contributed by atoms with van der Waals surface area (Å²) in [6.45, 7) is 0.929. The molecule has 2 N–H and O–H groups in total. The lowest BCUT2D eigenvalue weighted by Gasteiger charge is -2.32. The van der Waals surface area contributed by atoms with Crippen LogP contribution in [0.5, 0.6) is 0 Å². The summed E-state index contributed by atoms with van der Waals surface area (Å²) < 4.78 is 30.5. The fraction of sp³-hybridized carbons (Fsp3) is 0.429. The molecular weight excluding hydrogens is 320 g/mol. The monoisotopic (exact) mass is 338 g/mol. The van der Waals surface area contributed by atoms with E-state index in [0.717, 1.165) is 19.1 Å². The van der Waals surface area contributed by atoms with Crippen LogP contribution in [0.25, 0.3) is 11.5 Å². The first-order valence-electron chi connectivity index (χ1n) is 7.28. The van der Waals surface area contributed by atoms with E-state index in [1.807, 2.05) is 0 Å². The Hall–Kier alpha value is -2.13. The molecule has 0 saturated carbocycles. The molecule has 1 atom stereocenters. The number of aromatic nitrogens is 2. The molecule has 0 aliphatic carbocycles. The maximum atomic E-state index is 12.5. The van der Waals surface area contributed by atoms with Gasteiger partial charge in [-0.1, -0.05) is 0 Å². The lowest BCUT2D eigenvalue weighted by molar-refractivity contribution is 0.0697. The van der Waals surface area contributed by atoms with Crippen LogP contribution >= 0.6 is 0 Å². The van der Waals surface area contributed by atoms with Crippen LogP contribution in [0.2, 0.25) is 0 Å². The van der Waals surface area contributed by atoms with Gasteiger partial charge in [-0.25, -0.2) is 13.1 Å². The highest BCUT2D eigenvalue weighted by Crippen LogP contribution is 2.20. The van der Waals surface area contributed by atoms with E-state index >= 15 is 0 Å². The Bertz CT molecular complexity index is 782. The number of aromatic amines is 1. The molecule has 1 fully saturated rings. The molecule has 1 aliphatic rings. The van der Waals surface area contributed by atoms with Crippen LogP contribution in [0, 0.1) is 0 Å². The van der Waals surface area contributed by atoms with Crippen LogP contribution in [-0.2, 0) is 10.0 Å². The van der Waals surface area contributed by atoms with Gasteiger partial charge in [0.05, 0.1) is 12.5 Å². The molecule has 9 heteroatoms. The van der Waals surface area contributed by atoms with Crippen molar-refractivity contribution in [2.45, 2.75) is 18.9 Å². The fourth-order valence-electron chi connectivity index (χ4n) is 2.71. The molecule has 2 aromatic heterocycles. The molecule has 3 rings (SSSR count). The minimum atomic E-state index is -3.29. The Kier molecular flexibility index (Phi) is 4.22. The second-order valence-electron chi connectivity index (χ2n) is 5.62. The molecule has 124 valence electrons. The topological polar surface area (TPSA) is 108 Å². The number of carbonyl (C=O) groups is 1. The largest absolute Gasteiger partial charge is 0.463 e. The van der Waals surface area contributed by atoms with Crippen molar-refractivity contribution >= 4 is 15.9 Å². The summed E-state index contributed by atoms with van der Waals surface area (Å²) in [5.74, 6) is 0.380. The van der Waals surface area contributed by atoms with Crippen LogP contribution in [-0.4, -0.2) is 54.8 Å². The van der Waals surface area contributed by atoms with E-state index in [4.69, 9.17) is 4.42 Å². The summed E-state index contributed by atoms with van der Waals surface area (Å²) in [6.07, 6.45) is 4.13. The third-order valence-electron chi connectivity index (χ3n) is 3.67. The number of piperidine rings is 1. The van der Waals surface area contributed by atoms with Gasteiger partial charge in [0.2, 0.25) is 10.0 Å². The van der Waals surface area contributed by atoms with Gasteiger partial charge in [0.1, 0.15) is 5.69 Å². The molecule has 0 bridgehead atoms. The first kappa shape index (κ1) is 15.8. The van der Waals surface area contributed by atoms with Crippen LogP contribution in [0.4, 0.5) is 0 Å². The van der Waals surface area contributed by atoms with E-state index in [-0.39, 0.29) is 17.6 Å². The van der Waals surface area contributed by atoms with Crippen molar-refractivity contribution in [3.63, 3.8) is 0 Å². The van der Waals surface area contributed by atoms with Crippen molar-refractivity contribution in [1.29, 1.82) is 0 Å². The molecule has 0 unspecified atom stereocenters. The standard InChI is InChI=1S/C14H18N4O4S/c1-23(20,21)17-10-4-2-6-18(9-10)14(19)12-8-11(15-16-12)13-5-3-7-22-13/h3,5,7-8,10,17H,2,4,6,9H2,1H3,(H,15,16)/t10-/m0/s1. The average Bonchev–Trinajstić information content (AvgIpc) is 3.16. The predicted octanol–water partition coefficient (Wildman–Crippen LogP) is 0.823. The third-order valence-corrected chi connectivity index (χ3v) is 4.43. The number of sulfonamides is 1. The van der Waals surface area contributed by atoms with Gasteiger partial charge >= 0.3 is 0 Å². The zero-order chi connectivity index (χ0) is 16.4. The highest BCUT2D eigenvalue weighted by atomic mass is 32.2. The average molecular weight is 338 g/mol. The van der Waals surface area contributed by atoms with E-state index in [2.05, 4.69) is 14.9 Å². The first-order valence-corrected chi connectivity index (χ1v) is 9.17. The Labute approximate surface area is 133 Å². The van der Waals surface area contributed by atoms with Gasteiger partial charge in [0.15, 0.2) is 11.5 Å². The van der Waals surface area contributed by atoms with Gasteiger partial charge in [-0.3, -0.25) is 9.89 Å². The summed E-state index contributed by atoms with van der Waals surface area (Å²) in [7, 11) is -3.29. The SMILES string of the molecule is CS(=O)(=O)N[C@H]1CCCN(C(=O)c2cc(-c3ccco3)[nH]n2)C1. The van der Waals surface area contributed by atoms with Gasteiger partial charge < -0.3 is 9.32 Å².